The molecule has 1 N–H and O–H groups in total. The van der Waals surface area contributed by atoms with Gasteiger partial charge >= 0.3 is 5.97 Å². The van der Waals surface area contributed by atoms with Crippen molar-refractivity contribution in [2.45, 2.75) is 25.7 Å². The van der Waals surface area contributed by atoms with Crippen LogP contribution in [-0.4, -0.2) is 32.1 Å². The Kier molecular flexibility index (Phi) is 5.89. The zero-order valence-corrected chi connectivity index (χ0v) is 15.0. The normalized spacial score (nSPS) is 14.4. The number of nitrogens with one attached hydrogen (secondary N) is 1. The molecule has 1 heterocycles. The average molecular weight is 352 g/mol. The van der Waals surface area contributed by atoms with Crippen LogP contribution in [0.25, 0.3) is 0 Å². The third-order valence-electron chi connectivity index (χ3n) is 4.66. The van der Waals surface area contributed by atoms with E-state index in [2.05, 4.69) is 27.1 Å². The minimum atomic E-state index is -0.416. The van der Waals surface area contributed by atoms with Gasteiger partial charge in [0.1, 0.15) is 0 Å². The van der Waals surface area contributed by atoms with Gasteiger partial charge in [-0.15, -0.1) is 0 Å². The van der Waals surface area contributed by atoms with Crippen LogP contribution in [0.15, 0.2) is 48.5 Å². The maximum atomic E-state index is 12.4. The second-order valence-corrected chi connectivity index (χ2v) is 6.47. The predicted octanol–water partition coefficient (Wildman–Crippen LogP) is 4.11. The molecule has 0 saturated carbocycles. The van der Waals surface area contributed by atoms with Gasteiger partial charge in [0.25, 0.3) is 5.91 Å². The van der Waals surface area contributed by atoms with E-state index in [1.54, 1.807) is 24.3 Å². The molecule has 136 valence electrons. The Hall–Kier alpha value is -2.82. The van der Waals surface area contributed by atoms with Crippen LogP contribution in [0.2, 0.25) is 0 Å². The number of rotatable bonds is 4. The summed E-state index contributed by atoms with van der Waals surface area (Å²) in [5.74, 6) is -0.620. The summed E-state index contributed by atoms with van der Waals surface area (Å²) in [4.78, 5) is 26.2. The summed E-state index contributed by atoms with van der Waals surface area (Å²) < 4.78 is 4.66. The number of carbonyl (C=O) groups excluding carboxylic acids is 2. The Morgan fingerprint density at radius 1 is 0.846 bits per heavy atom. The van der Waals surface area contributed by atoms with Crippen molar-refractivity contribution < 1.29 is 14.3 Å². The first-order chi connectivity index (χ1) is 12.7. The summed E-state index contributed by atoms with van der Waals surface area (Å²) in [6.45, 7) is 2.19. The van der Waals surface area contributed by atoms with Crippen LogP contribution in [0, 0.1) is 0 Å². The third kappa shape index (κ3) is 4.42. The SMILES string of the molecule is COC(=O)c1ccc(C(=O)Nc2ccc(N3CCCCCC3)cc2)cc1. The molecule has 3 rings (SSSR count). The largest absolute Gasteiger partial charge is 0.465 e. The molecule has 26 heavy (non-hydrogen) atoms. The zero-order chi connectivity index (χ0) is 18.4. The van der Waals surface area contributed by atoms with Gasteiger partial charge in [0.15, 0.2) is 0 Å². The quantitative estimate of drug-likeness (QED) is 0.842. The monoisotopic (exact) mass is 352 g/mol. The van der Waals surface area contributed by atoms with Crippen LogP contribution < -0.4 is 10.2 Å². The average Bonchev–Trinajstić information content (AvgIpc) is 2.97. The van der Waals surface area contributed by atoms with Gasteiger partial charge in [0.2, 0.25) is 0 Å². The minimum absolute atomic E-state index is 0.205. The predicted molar refractivity (Wildman–Crippen MR) is 103 cm³/mol. The van der Waals surface area contributed by atoms with Gasteiger partial charge in [-0.3, -0.25) is 4.79 Å². The molecule has 0 spiro atoms. The highest BCUT2D eigenvalue weighted by atomic mass is 16.5. The van der Waals surface area contributed by atoms with Crippen molar-refractivity contribution in [3.8, 4) is 0 Å². The van der Waals surface area contributed by atoms with E-state index in [9.17, 15) is 9.59 Å². The lowest BCUT2D eigenvalue weighted by molar-refractivity contribution is 0.0600. The number of anilines is 2. The van der Waals surface area contributed by atoms with Crippen molar-refractivity contribution in [2.24, 2.45) is 0 Å². The molecule has 0 unspecified atom stereocenters. The highest BCUT2D eigenvalue weighted by Crippen LogP contribution is 2.22. The number of nitrogens with zero attached hydrogens (tertiary/aromatic N) is 1. The maximum Gasteiger partial charge on any atom is 0.337 e. The molecule has 5 heteroatoms. The summed E-state index contributed by atoms with van der Waals surface area (Å²) in [7, 11) is 1.33. The van der Waals surface area contributed by atoms with E-state index in [0.717, 1.165) is 18.8 Å². The van der Waals surface area contributed by atoms with Gasteiger partial charge in [-0.1, -0.05) is 12.8 Å². The molecule has 0 atom stereocenters. The summed E-state index contributed by atoms with van der Waals surface area (Å²) >= 11 is 0. The number of benzene rings is 2. The molecule has 0 aromatic heterocycles. The van der Waals surface area contributed by atoms with Gasteiger partial charge in [0, 0.05) is 30.0 Å². The Bertz CT molecular complexity index is 746. The van der Waals surface area contributed by atoms with Crippen LogP contribution in [0.1, 0.15) is 46.4 Å². The molecule has 0 radical (unpaired) electrons. The summed E-state index contributed by atoms with van der Waals surface area (Å²) in [6, 6.07) is 14.4. The zero-order valence-electron chi connectivity index (χ0n) is 15.0. The van der Waals surface area contributed by atoms with E-state index in [1.165, 1.54) is 38.5 Å². The molecule has 2 aromatic carbocycles. The van der Waals surface area contributed by atoms with Crippen molar-refractivity contribution in [1.82, 2.24) is 0 Å². The third-order valence-corrected chi connectivity index (χ3v) is 4.66. The van der Waals surface area contributed by atoms with E-state index in [1.807, 2.05) is 12.1 Å². The van der Waals surface area contributed by atoms with Crippen molar-refractivity contribution in [3.05, 3.63) is 59.7 Å². The number of amides is 1. The van der Waals surface area contributed by atoms with Crippen molar-refractivity contribution in [2.75, 3.05) is 30.4 Å². The van der Waals surface area contributed by atoms with E-state index in [0.29, 0.717) is 11.1 Å². The Labute approximate surface area is 154 Å². The van der Waals surface area contributed by atoms with Crippen LogP contribution in [-0.2, 0) is 4.74 Å². The second-order valence-electron chi connectivity index (χ2n) is 6.47. The molecule has 1 aliphatic rings. The van der Waals surface area contributed by atoms with Gasteiger partial charge in [-0.2, -0.15) is 0 Å². The molecule has 1 amide bonds. The molecule has 0 aliphatic carbocycles. The lowest BCUT2D eigenvalue weighted by Crippen LogP contribution is -2.23. The molecule has 1 aliphatic heterocycles. The summed E-state index contributed by atoms with van der Waals surface area (Å²) in [6.07, 6.45) is 5.08. The Morgan fingerprint density at radius 3 is 2.00 bits per heavy atom. The fraction of sp³-hybridized carbons (Fsp3) is 0.333. The van der Waals surface area contributed by atoms with Crippen LogP contribution in [0.3, 0.4) is 0 Å². The van der Waals surface area contributed by atoms with E-state index >= 15 is 0 Å². The van der Waals surface area contributed by atoms with Crippen molar-refractivity contribution in [1.29, 1.82) is 0 Å². The number of ether oxygens (including phenoxy) is 1. The molecule has 1 fully saturated rings. The highest BCUT2D eigenvalue weighted by molar-refractivity contribution is 6.04. The smallest absolute Gasteiger partial charge is 0.337 e. The number of hydrogen-bond acceptors (Lipinski definition) is 4. The number of methoxy groups -OCH3 is 1. The fourth-order valence-corrected chi connectivity index (χ4v) is 3.16. The second kappa shape index (κ2) is 8.52. The first-order valence-electron chi connectivity index (χ1n) is 9.02. The standard InChI is InChI=1S/C21H24N2O3/c1-26-21(25)17-8-6-16(7-9-17)20(24)22-18-10-12-19(13-11-18)23-14-4-2-3-5-15-23/h6-13H,2-5,14-15H2,1H3,(H,22,24). The lowest BCUT2D eigenvalue weighted by atomic mass is 10.1. The minimum Gasteiger partial charge on any atom is -0.465 e. The first kappa shape index (κ1) is 18.0. The fourth-order valence-electron chi connectivity index (χ4n) is 3.16. The van der Waals surface area contributed by atoms with Crippen LogP contribution in [0.4, 0.5) is 11.4 Å². The van der Waals surface area contributed by atoms with Gasteiger partial charge in [-0.05, 0) is 61.4 Å². The molecule has 0 bridgehead atoms. The van der Waals surface area contributed by atoms with Crippen molar-refractivity contribution >= 4 is 23.3 Å². The van der Waals surface area contributed by atoms with Crippen LogP contribution >= 0.6 is 0 Å². The van der Waals surface area contributed by atoms with Crippen LogP contribution in [0.5, 0.6) is 0 Å². The molecular weight excluding hydrogens is 328 g/mol. The summed E-state index contributed by atoms with van der Waals surface area (Å²) in [5.41, 5.74) is 2.87. The summed E-state index contributed by atoms with van der Waals surface area (Å²) in [5, 5.41) is 2.89. The molecule has 1 saturated heterocycles. The van der Waals surface area contributed by atoms with Gasteiger partial charge in [0.05, 0.1) is 12.7 Å². The maximum absolute atomic E-state index is 12.4. The molecule has 5 nitrogen and oxygen atoms in total. The lowest BCUT2D eigenvalue weighted by Gasteiger charge is -2.22. The first-order valence-corrected chi connectivity index (χ1v) is 9.02. The van der Waals surface area contributed by atoms with Crippen molar-refractivity contribution in [3.63, 3.8) is 0 Å². The Balaban J connectivity index is 1.63. The topological polar surface area (TPSA) is 58.6 Å². The van der Waals surface area contributed by atoms with Gasteiger partial charge < -0.3 is 15.0 Å². The Morgan fingerprint density at radius 2 is 1.42 bits per heavy atom. The number of carbonyl (C=O) groups is 2. The van der Waals surface area contributed by atoms with E-state index < -0.39 is 5.97 Å². The van der Waals surface area contributed by atoms with Gasteiger partial charge in [-0.25, -0.2) is 4.79 Å². The number of hydrogen-bond donors (Lipinski definition) is 1. The van der Waals surface area contributed by atoms with E-state index in [-0.39, 0.29) is 5.91 Å². The number of esters is 1. The molecular formula is C21H24N2O3. The molecule has 2 aromatic rings. The highest BCUT2D eigenvalue weighted by Gasteiger charge is 2.11. The van der Waals surface area contributed by atoms with E-state index in [4.69, 9.17) is 0 Å².